The Morgan fingerprint density at radius 1 is 0.592 bits per heavy atom. The van der Waals surface area contributed by atoms with Crippen LogP contribution in [0.15, 0.2) is 157 Å². The summed E-state index contributed by atoms with van der Waals surface area (Å²) >= 11 is 0. The Hall–Kier alpha value is -5.66. The average molecular weight is 654 g/mol. The van der Waals surface area contributed by atoms with Gasteiger partial charge in [0.15, 0.2) is 5.72 Å². The molecule has 0 amide bonds. The number of anilines is 5. The van der Waals surface area contributed by atoms with E-state index in [0.717, 1.165) is 64.2 Å². The molecular formula is C42H43N3O4. The van der Waals surface area contributed by atoms with Crippen molar-refractivity contribution >= 4 is 28.4 Å². The lowest BCUT2D eigenvalue weighted by molar-refractivity contribution is 0.0107. The Kier molecular flexibility index (Phi) is 11.2. The van der Waals surface area contributed by atoms with Gasteiger partial charge in [0.05, 0.1) is 20.8 Å². The minimum absolute atomic E-state index is 0.577. The van der Waals surface area contributed by atoms with Crippen LogP contribution >= 0.6 is 0 Å². The Bertz CT molecular complexity index is 1750. The SMILES string of the molecule is COc1ccc(NC2=CCC(Nc3ccc(OC)cc3)(OCCCCOc3ccc(N(c4ccccc4)c4ccccc4)cc3)C=C2)cc1. The zero-order valence-corrected chi connectivity index (χ0v) is 28.0. The van der Waals surface area contributed by atoms with Gasteiger partial charge in [0.2, 0.25) is 0 Å². The van der Waals surface area contributed by atoms with Crippen LogP contribution in [0, 0.1) is 0 Å². The second-order valence-corrected chi connectivity index (χ2v) is 11.7. The van der Waals surface area contributed by atoms with Crippen molar-refractivity contribution in [2.75, 3.05) is 43.0 Å². The monoisotopic (exact) mass is 653 g/mol. The Morgan fingerprint density at radius 3 is 1.67 bits per heavy atom. The lowest BCUT2D eigenvalue weighted by Gasteiger charge is -2.34. The van der Waals surface area contributed by atoms with Crippen molar-refractivity contribution in [2.24, 2.45) is 0 Å². The predicted octanol–water partition coefficient (Wildman–Crippen LogP) is 10.1. The molecule has 5 aromatic rings. The number of benzene rings is 5. The fourth-order valence-corrected chi connectivity index (χ4v) is 5.65. The normalized spacial score (nSPS) is 15.2. The van der Waals surface area contributed by atoms with Crippen molar-refractivity contribution in [2.45, 2.75) is 25.0 Å². The lowest BCUT2D eigenvalue weighted by Crippen LogP contribution is -2.40. The summed E-state index contributed by atoms with van der Waals surface area (Å²) in [5.74, 6) is 2.48. The number of nitrogens with one attached hydrogen (secondary N) is 2. The number of ether oxygens (including phenoxy) is 4. The second kappa shape index (κ2) is 16.4. The minimum atomic E-state index is -0.681. The summed E-state index contributed by atoms with van der Waals surface area (Å²) in [6.45, 7) is 1.18. The van der Waals surface area contributed by atoms with Gasteiger partial charge in [0.1, 0.15) is 17.2 Å². The molecule has 6 rings (SSSR count). The van der Waals surface area contributed by atoms with Crippen LogP contribution in [0.3, 0.4) is 0 Å². The molecule has 0 fully saturated rings. The van der Waals surface area contributed by atoms with Gasteiger partial charge in [-0.15, -0.1) is 0 Å². The summed E-state index contributed by atoms with van der Waals surface area (Å²) in [6.07, 6.45) is 8.69. The lowest BCUT2D eigenvalue weighted by atomic mass is 10.0. The van der Waals surface area contributed by atoms with E-state index < -0.39 is 5.72 Å². The van der Waals surface area contributed by atoms with Crippen LogP contribution < -0.4 is 29.7 Å². The topological polar surface area (TPSA) is 64.2 Å². The number of allylic oxidation sites excluding steroid dienone is 1. The first-order chi connectivity index (χ1) is 24.1. The van der Waals surface area contributed by atoms with Crippen LogP contribution in [0.2, 0.25) is 0 Å². The van der Waals surface area contributed by atoms with Crippen molar-refractivity contribution in [3.63, 3.8) is 0 Å². The maximum absolute atomic E-state index is 6.56. The minimum Gasteiger partial charge on any atom is -0.497 e. The van der Waals surface area contributed by atoms with E-state index in [4.69, 9.17) is 18.9 Å². The maximum Gasteiger partial charge on any atom is 0.161 e. The quantitative estimate of drug-likeness (QED) is 0.0812. The highest BCUT2D eigenvalue weighted by Gasteiger charge is 2.29. The van der Waals surface area contributed by atoms with Gasteiger partial charge in [-0.1, -0.05) is 42.5 Å². The molecule has 7 nitrogen and oxygen atoms in total. The number of para-hydroxylation sites is 2. The fraction of sp³-hybridized carbons (Fsp3) is 0.190. The van der Waals surface area contributed by atoms with E-state index in [0.29, 0.717) is 19.6 Å². The second-order valence-electron chi connectivity index (χ2n) is 11.7. The molecule has 49 heavy (non-hydrogen) atoms. The Labute approximate surface area is 289 Å². The molecule has 1 atom stereocenters. The zero-order chi connectivity index (χ0) is 33.7. The molecule has 2 N–H and O–H groups in total. The van der Waals surface area contributed by atoms with E-state index in [1.165, 1.54) is 0 Å². The number of unbranched alkanes of at least 4 members (excludes halogenated alkanes) is 1. The molecule has 0 aliphatic heterocycles. The van der Waals surface area contributed by atoms with Crippen molar-refractivity contribution in [1.82, 2.24) is 0 Å². The summed E-state index contributed by atoms with van der Waals surface area (Å²) in [7, 11) is 3.34. The zero-order valence-electron chi connectivity index (χ0n) is 28.0. The molecule has 0 radical (unpaired) electrons. The van der Waals surface area contributed by atoms with Gasteiger partial charge in [-0.3, -0.25) is 0 Å². The van der Waals surface area contributed by atoms with E-state index in [2.05, 4.69) is 94.4 Å². The summed E-state index contributed by atoms with van der Waals surface area (Å²) in [5.41, 5.74) is 5.56. The number of nitrogens with zero attached hydrogens (tertiary/aromatic N) is 1. The van der Waals surface area contributed by atoms with Gasteiger partial charge in [-0.2, -0.15) is 0 Å². The number of rotatable bonds is 16. The molecule has 250 valence electrons. The highest BCUT2D eigenvalue weighted by molar-refractivity contribution is 5.76. The molecule has 0 bridgehead atoms. The third kappa shape index (κ3) is 9.03. The highest BCUT2D eigenvalue weighted by atomic mass is 16.5. The third-order valence-corrected chi connectivity index (χ3v) is 8.27. The van der Waals surface area contributed by atoms with E-state index in [1.54, 1.807) is 14.2 Å². The van der Waals surface area contributed by atoms with Gasteiger partial charge in [0.25, 0.3) is 0 Å². The molecule has 1 aliphatic carbocycles. The van der Waals surface area contributed by atoms with Crippen molar-refractivity contribution in [1.29, 1.82) is 0 Å². The van der Waals surface area contributed by atoms with Crippen LogP contribution in [-0.4, -0.2) is 33.2 Å². The predicted molar refractivity (Wildman–Crippen MR) is 200 cm³/mol. The third-order valence-electron chi connectivity index (χ3n) is 8.27. The van der Waals surface area contributed by atoms with Crippen LogP contribution in [0.5, 0.6) is 17.2 Å². The largest absolute Gasteiger partial charge is 0.497 e. The molecule has 0 aromatic heterocycles. The average Bonchev–Trinajstić information content (AvgIpc) is 3.16. The number of hydrogen-bond acceptors (Lipinski definition) is 7. The van der Waals surface area contributed by atoms with E-state index in [9.17, 15) is 0 Å². The molecule has 0 heterocycles. The molecule has 1 aliphatic rings. The molecule has 0 spiro atoms. The molecule has 0 saturated heterocycles. The number of methoxy groups -OCH3 is 2. The van der Waals surface area contributed by atoms with Gasteiger partial charge in [-0.25, -0.2) is 0 Å². The Balaban J connectivity index is 1.03. The molecule has 1 unspecified atom stereocenters. The highest BCUT2D eigenvalue weighted by Crippen LogP contribution is 2.35. The van der Waals surface area contributed by atoms with Crippen molar-refractivity contribution in [3.05, 3.63) is 157 Å². The van der Waals surface area contributed by atoms with Crippen molar-refractivity contribution < 1.29 is 18.9 Å². The molecule has 0 saturated carbocycles. The first-order valence-electron chi connectivity index (χ1n) is 16.6. The van der Waals surface area contributed by atoms with Crippen molar-refractivity contribution in [3.8, 4) is 17.2 Å². The van der Waals surface area contributed by atoms with Gasteiger partial charge in [-0.05, 0) is 122 Å². The fourth-order valence-electron chi connectivity index (χ4n) is 5.65. The molecule has 7 heteroatoms. The van der Waals surface area contributed by atoms with Crippen LogP contribution in [0.4, 0.5) is 28.4 Å². The summed E-state index contributed by atoms with van der Waals surface area (Å²) in [5, 5.41) is 7.09. The summed E-state index contributed by atoms with van der Waals surface area (Å²) < 4.78 is 23.3. The van der Waals surface area contributed by atoms with E-state index >= 15 is 0 Å². The maximum atomic E-state index is 6.56. The molecular weight excluding hydrogens is 610 g/mol. The molecule has 5 aromatic carbocycles. The smallest absolute Gasteiger partial charge is 0.161 e. The van der Waals surface area contributed by atoms with Gasteiger partial charge in [0, 0.05) is 47.2 Å². The van der Waals surface area contributed by atoms with Gasteiger partial charge < -0.3 is 34.5 Å². The van der Waals surface area contributed by atoms with Crippen LogP contribution in [0.25, 0.3) is 0 Å². The first-order valence-corrected chi connectivity index (χ1v) is 16.6. The summed E-state index contributed by atoms with van der Waals surface area (Å²) in [6, 6.07) is 44.9. The van der Waals surface area contributed by atoms with E-state index in [1.807, 2.05) is 72.8 Å². The first kappa shape index (κ1) is 33.2. The van der Waals surface area contributed by atoms with Crippen LogP contribution in [-0.2, 0) is 4.74 Å². The number of hydrogen-bond donors (Lipinski definition) is 2. The van der Waals surface area contributed by atoms with E-state index in [-0.39, 0.29) is 0 Å². The van der Waals surface area contributed by atoms with Crippen LogP contribution in [0.1, 0.15) is 19.3 Å². The van der Waals surface area contributed by atoms with Gasteiger partial charge >= 0.3 is 0 Å². The standard InChI is InChI=1S/C42H43N3O4/c1-46-39-21-15-33(16-22-39)43-34-27-29-42(30-28-34,44-35-17-23-40(47-2)24-18-35)49-32-10-9-31-48-41-25-19-38(20-26-41)45(36-11-5-3-6-12-36)37-13-7-4-8-14-37/h3-8,11-29,43-44H,9-10,30-32H2,1-2H3. The summed E-state index contributed by atoms with van der Waals surface area (Å²) in [4.78, 5) is 2.24. The Morgan fingerprint density at radius 2 is 1.12 bits per heavy atom.